The van der Waals surface area contributed by atoms with E-state index >= 15 is 0 Å². The number of piperidine rings is 1. The fourth-order valence-electron chi connectivity index (χ4n) is 4.14. The standard InChI is InChI=1S/C22H45NO4/c1-2-3-4-5-6-7-8-9-10-11-12-13-14-15-16-23-17-20(25)22(27)21(26)19(23)18-24/h19-22,24-27H,2-18H2,1H3/t19-,20+,21-,22-/m1/s1. The van der Waals surface area contributed by atoms with Crippen molar-refractivity contribution in [2.75, 3.05) is 19.7 Å². The number of β-amino-alcohol motifs (C(OH)–C–C–N with tert-alkyl or cyclic N) is 1. The van der Waals surface area contributed by atoms with Crippen molar-refractivity contribution in [2.24, 2.45) is 0 Å². The first kappa shape index (κ1) is 24.8. The van der Waals surface area contributed by atoms with Crippen LogP contribution in [0, 0.1) is 0 Å². The van der Waals surface area contributed by atoms with Crippen LogP contribution >= 0.6 is 0 Å². The van der Waals surface area contributed by atoms with E-state index in [1.165, 1.54) is 77.0 Å². The number of rotatable bonds is 16. The highest BCUT2D eigenvalue weighted by Crippen LogP contribution is 2.20. The minimum absolute atomic E-state index is 0.191. The van der Waals surface area contributed by atoms with E-state index in [-0.39, 0.29) is 6.61 Å². The molecule has 1 rings (SSSR count). The molecule has 1 aliphatic rings. The van der Waals surface area contributed by atoms with Crippen LogP contribution in [-0.2, 0) is 0 Å². The third-order valence-electron chi connectivity index (χ3n) is 6.01. The Morgan fingerprint density at radius 2 is 1.11 bits per heavy atom. The summed E-state index contributed by atoms with van der Waals surface area (Å²) in [4.78, 5) is 1.92. The zero-order chi connectivity index (χ0) is 19.9. The van der Waals surface area contributed by atoms with E-state index in [1.807, 2.05) is 4.90 Å². The zero-order valence-electron chi connectivity index (χ0n) is 17.6. The Morgan fingerprint density at radius 1 is 0.667 bits per heavy atom. The van der Waals surface area contributed by atoms with Gasteiger partial charge >= 0.3 is 0 Å². The van der Waals surface area contributed by atoms with Gasteiger partial charge in [0.05, 0.1) is 18.8 Å². The molecule has 0 saturated carbocycles. The molecule has 5 nitrogen and oxygen atoms in total. The van der Waals surface area contributed by atoms with Crippen LogP contribution in [0.4, 0.5) is 0 Å². The lowest BCUT2D eigenvalue weighted by Gasteiger charge is -2.43. The molecule has 0 unspecified atom stereocenters. The molecule has 5 heteroatoms. The van der Waals surface area contributed by atoms with E-state index in [4.69, 9.17) is 0 Å². The molecule has 27 heavy (non-hydrogen) atoms. The van der Waals surface area contributed by atoms with Gasteiger partial charge in [0.2, 0.25) is 0 Å². The topological polar surface area (TPSA) is 84.2 Å². The first-order valence-electron chi connectivity index (χ1n) is 11.5. The van der Waals surface area contributed by atoms with Gasteiger partial charge in [-0.15, -0.1) is 0 Å². The maximum atomic E-state index is 9.98. The summed E-state index contributed by atoms with van der Waals surface area (Å²) in [6.45, 7) is 3.15. The summed E-state index contributed by atoms with van der Waals surface area (Å²) in [7, 11) is 0. The smallest absolute Gasteiger partial charge is 0.109 e. The van der Waals surface area contributed by atoms with Crippen LogP contribution in [0.15, 0.2) is 0 Å². The van der Waals surface area contributed by atoms with Crippen LogP contribution in [0.25, 0.3) is 0 Å². The number of hydrogen-bond acceptors (Lipinski definition) is 5. The maximum Gasteiger partial charge on any atom is 0.109 e. The number of likely N-dealkylation sites (tertiary alicyclic amines) is 1. The van der Waals surface area contributed by atoms with Gasteiger partial charge in [-0.3, -0.25) is 4.90 Å². The summed E-state index contributed by atoms with van der Waals surface area (Å²) < 4.78 is 0. The average molecular weight is 388 g/mol. The summed E-state index contributed by atoms with van der Waals surface area (Å²) in [5.41, 5.74) is 0. The fraction of sp³-hybridized carbons (Fsp3) is 1.00. The molecular weight excluding hydrogens is 342 g/mol. The maximum absolute atomic E-state index is 9.98. The molecule has 1 aliphatic heterocycles. The number of hydrogen-bond donors (Lipinski definition) is 4. The van der Waals surface area contributed by atoms with Crippen LogP contribution in [0.1, 0.15) is 96.8 Å². The lowest BCUT2D eigenvalue weighted by molar-refractivity contribution is -0.145. The molecule has 4 N–H and O–H groups in total. The second-order valence-electron chi connectivity index (χ2n) is 8.39. The SMILES string of the molecule is CCCCCCCCCCCCCCCCN1C[C@H](O)[C@@H](O)[C@H](O)[C@H]1CO. The van der Waals surface area contributed by atoms with Crippen LogP contribution in [-0.4, -0.2) is 69.4 Å². The van der Waals surface area contributed by atoms with Crippen LogP contribution < -0.4 is 0 Å². The first-order valence-corrected chi connectivity index (χ1v) is 11.5. The summed E-state index contributed by atoms with van der Waals surface area (Å²) in [5, 5.41) is 39.0. The Kier molecular flexibility index (Phi) is 14.4. The van der Waals surface area contributed by atoms with E-state index in [9.17, 15) is 20.4 Å². The Balaban J connectivity index is 1.94. The molecule has 0 aromatic carbocycles. The fourth-order valence-corrected chi connectivity index (χ4v) is 4.14. The van der Waals surface area contributed by atoms with Gasteiger partial charge in [-0.25, -0.2) is 0 Å². The summed E-state index contributed by atoms with van der Waals surface area (Å²) in [6, 6.07) is -0.467. The van der Waals surface area contributed by atoms with Gasteiger partial charge in [-0.05, 0) is 13.0 Å². The number of nitrogens with zero attached hydrogens (tertiary/aromatic N) is 1. The molecule has 0 aliphatic carbocycles. The molecule has 1 fully saturated rings. The Bertz CT molecular complexity index is 342. The van der Waals surface area contributed by atoms with Crippen molar-refractivity contribution >= 4 is 0 Å². The second-order valence-corrected chi connectivity index (χ2v) is 8.39. The number of aliphatic hydroxyl groups is 4. The average Bonchev–Trinajstić information content (AvgIpc) is 2.66. The third-order valence-corrected chi connectivity index (χ3v) is 6.01. The van der Waals surface area contributed by atoms with Gasteiger partial charge in [0.1, 0.15) is 12.2 Å². The van der Waals surface area contributed by atoms with Crippen LogP contribution in [0.2, 0.25) is 0 Å². The second kappa shape index (κ2) is 15.7. The van der Waals surface area contributed by atoms with Gasteiger partial charge in [0, 0.05) is 6.54 Å². The molecule has 1 saturated heterocycles. The molecule has 0 radical (unpaired) electrons. The van der Waals surface area contributed by atoms with E-state index in [0.717, 1.165) is 19.4 Å². The lowest BCUT2D eigenvalue weighted by atomic mass is 9.94. The summed E-state index contributed by atoms with van der Waals surface area (Å²) >= 11 is 0. The largest absolute Gasteiger partial charge is 0.395 e. The third kappa shape index (κ3) is 10.2. The quantitative estimate of drug-likeness (QED) is 0.306. The molecule has 0 bridgehead atoms. The Morgan fingerprint density at radius 3 is 1.56 bits per heavy atom. The Labute approximate surface area is 166 Å². The molecule has 4 atom stereocenters. The van der Waals surface area contributed by atoms with Gasteiger partial charge in [-0.1, -0.05) is 90.4 Å². The van der Waals surface area contributed by atoms with Crippen molar-refractivity contribution < 1.29 is 20.4 Å². The number of unbranched alkanes of at least 4 members (excludes halogenated alkanes) is 13. The summed E-state index contributed by atoms with van der Waals surface area (Å²) in [5.74, 6) is 0. The molecule has 1 heterocycles. The van der Waals surface area contributed by atoms with Gasteiger partial charge in [-0.2, -0.15) is 0 Å². The van der Waals surface area contributed by atoms with Crippen molar-refractivity contribution in [3.63, 3.8) is 0 Å². The zero-order valence-corrected chi connectivity index (χ0v) is 17.6. The highest BCUT2D eigenvalue weighted by molar-refractivity contribution is 4.93. The van der Waals surface area contributed by atoms with Crippen molar-refractivity contribution in [3.05, 3.63) is 0 Å². The molecule has 0 aromatic rings. The highest BCUT2D eigenvalue weighted by Gasteiger charge is 2.40. The molecule has 0 aromatic heterocycles. The van der Waals surface area contributed by atoms with Crippen molar-refractivity contribution in [1.82, 2.24) is 4.90 Å². The van der Waals surface area contributed by atoms with E-state index in [0.29, 0.717) is 6.54 Å². The number of aliphatic hydroxyl groups excluding tert-OH is 4. The van der Waals surface area contributed by atoms with E-state index in [2.05, 4.69) is 6.92 Å². The summed E-state index contributed by atoms with van der Waals surface area (Å²) in [6.07, 6.45) is 15.3. The minimum atomic E-state index is -1.16. The van der Waals surface area contributed by atoms with Gasteiger partial charge in [0.25, 0.3) is 0 Å². The minimum Gasteiger partial charge on any atom is -0.395 e. The van der Waals surface area contributed by atoms with Crippen LogP contribution in [0.3, 0.4) is 0 Å². The van der Waals surface area contributed by atoms with Crippen molar-refractivity contribution in [1.29, 1.82) is 0 Å². The molecule has 162 valence electrons. The normalized spacial score (nSPS) is 26.6. The Hall–Kier alpha value is -0.200. The van der Waals surface area contributed by atoms with E-state index < -0.39 is 24.4 Å². The highest BCUT2D eigenvalue weighted by atomic mass is 16.4. The predicted molar refractivity (Wildman–Crippen MR) is 111 cm³/mol. The molecular formula is C22H45NO4. The van der Waals surface area contributed by atoms with Crippen molar-refractivity contribution in [2.45, 2.75) is 121 Å². The monoisotopic (exact) mass is 387 g/mol. The predicted octanol–water partition coefficient (Wildman–Crippen LogP) is 3.23. The van der Waals surface area contributed by atoms with Gasteiger partial charge in [0.15, 0.2) is 0 Å². The molecule has 0 amide bonds. The lowest BCUT2D eigenvalue weighted by Crippen LogP contribution is -2.62. The van der Waals surface area contributed by atoms with E-state index in [1.54, 1.807) is 0 Å². The molecule has 0 spiro atoms. The first-order chi connectivity index (χ1) is 13.1. The van der Waals surface area contributed by atoms with Gasteiger partial charge < -0.3 is 20.4 Å². The van der Waals surface area contributed by atoms with Crippen molar-refractivity contribution in [3.8, 4) is 0 Å². The van der Waals surface area contributed by atoms with Crippen LogP contribution in [0.5, 0.6) is 0 Å².